The van der Waals surface area contributed by atoms with Crippen LogP contribution >= 0.6 is 27.5 Å². The summed E-state index contributed by atoms with van der Waals surface area (Å²) in [5, 5.41) is 4.55. The van der Waals surface area contributed by atoms with E-state index >= 15 is 0 Å². The van der Waals surface area contributed by atoms with Crippen molar-refractivity contribution in [1.82, 2.24) is 5.32 Å². The lowest BCUT2D eigenvalue weighted by Gasteiger charge is -2.29. The molecule has 110 valence electrons. The highest BCUT2D eigenvalue weighted by Crippen LogP contribution is 2.26. The fraction of sp³-hybridized carbons (Fsp3) is 0.333. The van der Waals surface area contributed by atoms with E-state index in [1.807, 2.05) is 12.1 Å². The van der Waals surface area contributed by atoms with Crippen molar-refractivity contribution in [3.05, 3.63) is 68.7 Å². The molecule has 0 amide bonds. The number of fused-ring (bicyclic) bond motifs is 1. The van der Waals surface area contributed by atoms with Gasteiger partial charge in [0.15, 0.2) is 0 Å². The van der Waals surface area contributed by atoms with Gasteiger partial charge in [-0.1, -0.05) is 45.7 Å². The molecule has 0 fully saturated rings. The molecular formula is C18H19BrClN. The first-order valence-electron chi connectivity index (χ1n) is 7.40. The molecule has 1 aliphatic carbocycles. The lowest BCUT2D eigenvalue weighted by atomic mass is 9.88. The Kier molecular flexibility index (Phi) is 4.68. The summed E-state index contributed by atoms with van der Waals surface area (Å²) in [5.74, 6) is 0. The predicted octanol–water partition coefficient (Wildman–Crippen LogP) is 5.31. The Morgan fingerprint density at radius 2 is 1.90 bits per heavy atom. The first-order chi connectivity index (χ1) is 10.1. The maximum atomic E-state index is 5.95. The minimum atomic E-state index is 0.351. The summed E-state index contributed by atoms with van der Waals surface area (Å²) in [5.41, 5.74) is 4.26. The van der Waals surface area contributed by atoms with Crippen LogP contribution in [0.4, 0.5) is 0 Å². The number of benzene rings is 2. The number of aryl methyl sites for hydroxylation is 1. The molecule has 2 aromatic carbocycles. The minimum Gasteiger partial charge on any atom is -0.307 e. The smallest absolute Gasteiger partial charge is 0.0406 e. The van der Waals surface area contributed by atoms with Crippen molar-refractivity contribution in [2.24, 2.45) is 0 Å². The normalized spacial score (nSPS) is 19.1. The molecule has 2 aromatic rings. The zero-order chi connectivity index (χ0) is 14.8. The molecule has 0 saturated carbocycles. The Morgan fingerprint density at radius 3 is 2.67 bits per heavy atom. The largest absolute Gasteiger partial charge is 0.307 e. The molecule has 1 unspecified atom stereocenters. The van der Waals surface area contributed by atoms with Crippen molar-refractivity contribution in [3.63, 3.8) is 0 Å². The number of hydrogen-bond donors (Lipinski definition) is 1. The van der Waals surface area contributed by atoms with Crippen LogP contribution in [0.1, 0.15) is 36.1 Å². The minimum absolute atomic E-state index is 0.351. The lowest BCUT2D eigenvalue weighted by Crippen LogP contribution is -2.36. The standard InChI is InChI=1S/C18H19BrClN/c1-12(13-3-7-17(20)8-4-13)21-18-9-5-14-10-16(19)6-2-15(14)11-18/h2-4,6-8,10,12,18,21H,5,9,11H2,1H3/t12-,18?/m1/s1. The van der Waals surface area contributed by atoms with E-state index in [9.17, 15) is 0 Å². The van der Waals surface area contributed by atoms with Crippen LogP contribution in [0.25, 0.3) is 0 Å². The number of nitrogens with one attached hydrogen (secondary N) is 1. The molecule has 0 aromatic heterocycles. The number of hydrogen-bond acceptors (Lipinski definition) is 1. The Bertz CT molecular complexity index is 624. The van der Waals surface area contributed by atoms with Crippen molar-refractivity contribution in [2.45, 2.75) is 38.3 Å². The van der Waals surface area contributed by atoms with Crippen molar-refractivity contribution in [3.8, 4) is 0 Å². The van der Waals surface area contributed by atoms with Gasteiger partial charge < -0.3 is 5.32 Å². The molecular weight excluding hydrogens is 346 g/mol. The molecule has 0 radical (unpaired) electrons. The summed E-state index contributed by atoms with van der Waals surface area (Å²) < 4.78 is 1.18. The van der Waals surface area contributed by atoms with Crippen LogP contribution in [-0.2, 0) is 12.8 Å². The van der Waals surface area contributed by atoms with E-state index in [2.05, 4.69) is 58.5 Å². The topological polar surface area (TPSA) is 12.0 Å². The van der Waals surface area contributed by atoms with Gasteiger partial charge in [0.05, 0.1) is 0 Å². The van der Waals surface area contributed by atoms with E-state index < -0.39 is 0 Å². The molecule has 2 atom stereocenters. The molecule has 0 heterocycles. The average molecular weight is 365 g/mol. The summed E-state index contributed by atoms with van der Waals surface area (Å²) in [6, 6.07) is 15.7. The van der Waals surface area contributed by atoms with Crippen molar-refractivity contribution >= 4 is 27.5 Å². The Balaban J connectivity index is 1.66. The van der Waals surface area contributed by atoms with Crippen molar-refractivity contribution in [1.29, 1.82) is 0 Å². The molecule has 3 heteroatoms. The van der Waals surface area contributed by atoms with E-state index in [1.54, 1.807) is 0 Å². The van der Waals surface area contributed by atoms with Gasteiger partial charge in [0.25, 0.3) is 0 Å². The van der Waals surface area contributed by atoms with Gasteiger partial charge in [-0.05, 0) is 67.1 Å². The molecule has 0 spiro atoms. The molecule has 21 heavy (non-hydrogen) atoms. The van der Waals surface area contributed by atoms with Crippen LogP contribution in [0.2, 0.25) is 5.02 Å². The highest BCUT2D eigenvalue weighted by Gasteiger charge is 2.20. The second kappa shape index (κ2) is 6.51. The first-order valence-corrected chi connectivity index (χ1v) is 8.58. The Hall–Kier alpha value is -0.830. The molecule has 0 saturated heterocycles. The zero-order valence-electron chi connectivity index (χ0n) is 12.1. The quantitative estimate of drug-likeness (QED) is 0.778. The zero-order valence-corrected chi connectivity index (χ0v) is 14.4. The Morgan fingerprint density at radius 1 is 1.14 bits per heavy atom. The molecule has 3 rings (SSSR count). The van der Waals surface area contributed by atoms with Gasteiger partial charge in [-0.2, -0.15) is 0 Å². The van der Waals surface area contributed by atoms with Crippen LogP contribution in [0, 0.1) is 0 Å². The fourth-order valence-electron chi connectivity index (χ4n) is 3.07. The fourth-order valence-corrected chi connectivity index (χ4v) is 3.60. The second-order valence-corrected chi connectivity index (χ2v) is 7.14. The number of halogens is 2. The van der Waals surface area contributed by atoms with Gasteiger partial charge in [0, 0.05) is 21.6 Å². The van der Waals surface area contributed by atoms with E-state index in [-0.39, 0.29) is 0 Å². The average Bonchev–Trinajstić information content (AvgIpc) is 2.48. The lowest BCUT2D eigenvalue weighted by molar-refractivity contribution is 0.413. The number of rotatable bonds is 3. The van der Waals surface area contributed by atoms with Gasteiger partial charge >= 0.3 is 0 Å². The summed E-state index contributed by atoms with van der Waals surface area (Å²) in [7, 11) is 0. The van der Waals surface area contributed by atoms with Crippen molar-refractivity contribution in [2.75, 3.05) is 0 Å². The summed E-state index contributed by atoms with van der Waals surface area (Å²) in [6.45, 7) is 2.22. The van der Waals surface area contributed by atoms with E-state index in [4.69, 9.17) is 11.6 Å². The molecule has 1 aliphatic rings. The third-order valence-corrected chi connectivity index (χ3v) is 5.00. The molecule has 0 bridgehead atoms. The van der Waals surface area contributed by atoms with E-state index in [0.29, 0.717) is 12.1 Å². The van der Waals surface area contributed by atoms with Gasteiger partial charge in [-0.15, -0.1) is 0 Å². The van der Waals surface area contributed by atoms with E-state index in [1.165, 1.54) is 27.6 Å². The van der Waals surface area contributed by atoms with Gasteiger partial charge in [-0.3, -0.25) is 0 Å². The third-order valence-electron chi connectivity index (χ3n) is 4.25. The SMILES string of the molecule is C[C@@H](NC1CCc2cc(Br)ccc2C1)c1ccc(Cl)cc1. The maximum Gasteiger partial charge on any atom is 0.0406 e. The van der Waals surface area contributed by atoms with Gasteiger partial charge in [-0.25, -0.2) is 0 Å². The highest BCUT2D eigenvalue weighted by molar-refractivity contribution is 9.10. The van der Waals surface area contributed by atoms with Crippen LogP contribution < -0.4 is 5.32 Å². The van der Waals surface area contributed by atoms with Crippen LogP contribution in [0.5, 0.6) is 0 Å². The monoisotopic (exact) mass is 363 g/mol. The van der Waals surface area contributed by atoms with Crippen LogP contribution in [-0.4, -0.2) is 6.04 Å². The second-order valence-electron chi connectivity index (χ2n) is 5.79. The summed E-state index contributed by atoms with van der Waals surface area (Å²) in [6.07, 6.45) is 3.46. The highest BCUT2D eigenvalue weighted by atomic mass is 79.9. The van der Waals surface area contributed by atoms with Crippen LogP contribution in [0.15, 0.2) is 46.9 Å². The molecule has 1 N–H and O–H groups in total. The van der Waals surface area contributed by atoms with E-state index in [0.717, 1.165) is 17.9 Å². The maximum absolute atomic E-state index is 5.95. The molecule has 0 aliphatic heterocycles. The summed E-state index contributed by atoms with van der Waals surface area (Å²) >= 11 is 9.51. The third kappa shape index (κ3) is 3.68. The first kappa shape index (κ1) is 15.1. The summed E-state index contributed by atoms with van der Waals surface area (Å²) in [4.78, 5) is 0. The Labute approximate surface area is 139 Å². The molecule has 1 nitrogen and oxygen atoms in total. The predicted molar refractivity (Wildman–Crippen MR) is 93.0 cm³/mol. The van der Waals surface area contributed by atoms with Gasteiger partial charge in [0.2, 0.25) is 0 Å². The van der Waals surface area contributed by atoms with Crippen LogP contribution in [0.3, 0.4) is 0 Å². The van der Waals surface area contributed by atoms with Crippen molar-refractivity contribution < 1.29 is 0 Å². The van der Waals surface area contributed by atoms with Gasteiger partial charge in [0.1, 0.15) is 0 Å².